The Kier molecular flexibility index (Phi) is 10.5. The van der Waals surface area contributed by atoms with Gasteiger partial charge in [0.1, 0.15) is 11.9 Å². The molecule has 56 heavy (non-hydrogen) atoms. The zero-order valence-electron chi connectivity index (χ0n) is 32.6. The fourth-order valence-corrected chi connectivity index (χ4v) is 9.35. The highest BCUT2D eigenvalue weighted by atomic mass is 19.1. The monoisotopic (exact) mass is 758 g/mol. The predicted molar refractivity (Wildman–Crippen MR) is 220 cm³/mol. The molecule has 4 aliphatic rings. The number of piperidine rings is 3. The Morgan fingerprint density at radius 1 is 0.857 bits per heavy atom. The molecule has 11 nitrogen and oxygen atoms in total. The predicted octanol–water partition coefficient (Wildman–Crippen LogP) is 6.15. The van der Waals surface area contributed by atoms with Crippen LogP contribution >= 0.6 is 0 Å². The lowest BCUT2D eigenvalue weighted by atomic mass is 9.87. The lowest BCUT2D eigenvalue weighted by molar-refractivity contribution is -0.133. The van der Waals surface area contributed by atoms with Crippen LogP contribution in [0, 0.1) is 30.0 Å². The number of carbonyl (C=O) groups excluding carboxylic acids is 2. The molecule has 2 amide bonds. The maximum absolute atomic E-state index is 15.3. The molecule has 8 rings (SSSR count). The number of anilines is 5. The third-order valence-corrected chi connectivity index (χ3v) is 12.6. The van der Waals surface area contributed by atoms with Crippen molar-refractivity contribution in [2.75, 3.05) is 72.4 Å². The molecule has 0 radical (unpaired) electrons. The lowest BCUT2D eigenvalue weighted by Gasteiger charge is -2.40. The number of aromatic nitrogens is 1. The van der Waals surface area contributed by atoms with E-state index in [9.17, 15) is 19.6 Å². The van der Waals surface area contributed by atoms with E-state index in [1.807, 2.05) is 38.2 Å². The number of amides is 2. The summed E-state index contributed by atoms with van der Waals surface area (Å²) in [5.41, 5.74) is 7.94. The van der Waals surface area contributed by atoms with Crippen molar-refractivity contribution in [2.24, 2.45) is 13.0 Å². The molecule has 5 heterocycles. The minimum absolute atomic E-state index is 0.0194. The molecule has 2 N–H and O–H groups in total. The normalized spacial score (nSPS) is 19.9. The fraction of sp³-hybridized carbons (Fsp3) is 0.455. The van der Waals surface area contributed by atoms with Gasteiger partial charge in [0.25, 0.3) is 5.56 Å². The molecule has 4 aromatic rings. The smallest absolute Gasteiger partial charge is 0.253 e. The summed E-state index contributed by atoms with van der Waals surface area (Å²) in [5.74, 6) is -0.0460. The van der Waals surface area contributed by atoms with Gasteiger partial charge in [-0.2, -0.15) is 5.26 Å². The number of imide groups is 1. The number of likely N-dealkylation sites (N-methyl/N-ethyl adjacent to an activating group) is 1. The number of halogens is 1. The molecule has 0 spiro atoms. The molecule has 3 fully saturated rings. The van der Waals surface area contributed by atoms with Crippen molar-refractivity contribution >= 4 is 51.2 Å². The first kappa shape index (κ1) is 37.5. The summed E-state index contributed by atoms with van der Waals surface area (Å²) in [5, 5.41) is 16.3. The van der Waals surface area contributed by atoms with Crippen LogP contribution in [0.2, 0.25) is 0 Å². The SMILES string of the molecule is CCN1CCN(c2cc(C3CCN(CC4CCN(c5ccc(NC6CCC(=O)NC6=O)cc5F)CC4)CC3)cc3c2cc(C)c(=O)n3C)c2cc(C#N)ccc21. The largest absolute Gasteiger partial charge is 0.374 e. The van der Waals surface area contributed by atoms with Crippen molar-refractivity contribution in [1.29, 1.82) is 5.26 Å². The molecule has 1 unspecified atom stereocenters. The average molecular weight is 759 g/mol. The van der Waals surface area contributed by atoms with E-state index < -0.39 is 6.04 Å². The first-order chi connectivity index (χ1) is 27.1. The third-order valence-electron chi connectivity index (χ3n) is 12.6. The number of nitrogens with one attached hydrogen (secondary N) is 2. The highest BCUT2D eigenvalue weighted by Crippen LogP contribution is 2.43. The van der Waals surface area contributed by atoms with Crippen molar-refractivity contribution in [2.45, 2.75) is 64.3 Å². The van der Waals surface area contributed by atoms with Crippen LogP contribution in [0.4, 0.5) is 32.8 Å². The zero-order chi connectivity index (χ0) is 39.1. The summed E-state index contributed by atoms with van der Waals surface area (Å²) in [4.78, 5) is 46.3. The van der Waals surface area contributed by atoms with Gasteiger partial charge in [-0.15, -0.1) is 0 Å². The van der Waals surface area contributed by atoms with Crippen molar-refractivity contribution in [3.8, 4) is 6.07 Å². The van der Waals surface area contributed by atoms with Crippen molar-refractivity contribution in [1.82, 2.24) is 14.8 Å². The van der Waals surface area contributed by atoms with Crippen molar-refractivity contribution in [3.63, 3.8) is 0 Å². The molecule has 3 aromatic carbocycles. The Labute approximate surface area is 327 Å². The van der Waals surface area contributed by atoms with E-state index in [0.717, 1.165) is 106 Å². The van der Waals surface area contributed by atoms with Gasteiger partial charge in [-0.1, -0.05) is 0 Å². The summed E-state index contributed by atoms with van der Waals surface area (Å²) in [7, 11) is 1.88. The number of nitriles is 1. The fourth-order valence-electron chi connectivity index (χ4n) is 9.35. The van der Waals surface area contributed by atoms with E-state index in [1.165, 1.54) is 11.6 Å². The zero-order valence-corrected chi connectivity index (χ0v) is 32.6. The minimum Gasteiger partial charge on any atom is -0.374 e. The summed E-state index contributed by atoms with van der Waals surface area (Å²) < 4.78 is 17.1. The Hall–Kier alpha value is -5.41. The second-order valence-electron chi connectivity index (χ2n) is 16.0. The van der Waals surface area contributed by atoms with Gasteiger partial charge in [-0.05, 0) is 131 Å². The number of nitrogens with zero attached hydrogens (tertiary/aromatic N) is 6. The van der Waals surface area contributed by atoms with E-state index >= 15 is 4.39 Å². The third kappa shape index (κ3) is 7.32. The number of carbonyl (C=O) groups is 2. The Morgan fingerprint density at radius 3 is 2.34 bits per heavy atom. The summed E-state index contributed by atoms with van der Waals surface area (Å²) >= 11 is 0. The Bertz CT molecular complexity index is 2270. The summed E-state index contributed by atoms with van der Waals surface area (Å²) in [6.07, 6.45) is 4.72. The standard InChI is InChI=1S/C44H51FN8O3/c1-4-51-19-20-53(41-22-30(26-46)5-8-38(41)51)40-24-32(23-39-34(40)21-28(2)44(56)49(39)3)31-13-15-50(16-14-31)27-29-11-17-52(18-12-29)37-9-6-33(25-35(37)45)47-36-7-10-42(54)48-43(36)55/h5-6,8-9,21-25,29,31,36,47H,4,7,10-20,27H2,1-3H3,(H,48,54,55). The van der Waals surface area contributed by atoms with E-state index in [1.54, 1.807) is 10.6 Å². The van der Waals surface area contributed by atoms with Gasteiger partial charge in [0.05, 0.1) is 39.9 Å². The van der Waals surface area contributed by atoms with Gasteiger partial charge >= 0.3 is 0 Å². The van der Waals surface area contributed by atoms with E-state index in [0.29, 0.717) is 40.8 Å². The van der Waals surface area contributed by atoms with Gasteiger partial charge in [-0.3, -0.25) is 19.7 Å². The molecule has 0 saturated carbocycles. The van der Waals surface area contributed by atoms with Crippen molar-refractivity contribution in [3.05, 3.63) is 87.5 Å². The second-order valence-corrected chi connectivity index (χ2v) is 16.0. The summed E-state index contributed by atoms with van der Waals surface area (Å²) in [6, 6.07) is 19.4. The van der Waals surface area contributed by atoms with Crippen LogP contribution in [0.15, 0.2) is 59.4 Å². The number of benzene rings is 3. The molecule has 3 saturated heterocycles. The molecule has 0 aliphatic carbocycles. The lowest BCUT2D eigenvalue weighted by Crippen LogP contribution is -2.47. The molecular weight excluding hydrogens is 708 g/mol. The molecule has 1 aromatic heterocycles. The second kappa shape index (κ2) is 15.6. The minimum atomic E-state index is -0.548. The average Bonchev–Trinajstić information content (AvgIpc) is 3.21. The molecule has 1 atom stereocenters. The molecular formula is C44H51FN8O3. The maximum Gasteiger partial charge on any atom is 0.253 e. The van der Waals surface area contributed by atoms with Crippen LogP contribution < -0.4 is 30.9 Å². The number of pyridine rings is 1. The van der Waals surface area contributed by atoms with Gasteiger partial charge in [-0.25, -0.2) is 4.39 Å². The molecule has 0 bridgehead atoms. The molecule has 12 heteroatoms. The maximum atomic E-state index is 15.3. The first-order valence-electron chi connectivity index (χ1n) is 20.2. The van der Waals surface area contributed by atoms with Crippen LogP contribution in [-0.4, -0.2) is 79.7 Å². The topological polar surface area (TPSA) is 117 Å². The van der Waals surface area contributed by atoms with Crippen LogP contribution in [0.5, 0.6) is 0 Å². The van der Waals surface area contributed by atoms with Crippen LogP contribution in [0.1, 0.15) is 68.1 Å². The molecule has 292 valence electrons. The Balaban J connectivity index is 0.930. The quantitative estimate of drug-likeness (QED) is 0.204. The van der Waals surface area contributed by atoms with Crippen LogP contribution in [-0.2, 0) is 16.6 Å². The Morgan fingerprint density at radius 2 is 1.62 bits per heavy atom. The number of fused-ring (bicyclic) bond motifs is 2. The van der Waals surface area contributed by atoms with Crippen molar-refractivity contribution < 1.29 is 14.0 Å². The van der Waals surface area contributed by atoms with Gasteiger partial charge < -0.3 is 29.5 Å². The van der Waals surface area contributed by atoms with E-state index in [2.05, 4.69) is 61.4 Å². The first-order valence-corrected chi connectivity index (χ1v) is 20.2. The van der Waals surface area contributed by atoms with E-state index in [-0.39, 0.29) is 29.6 Å². The number of hydrogen-bond donors (Lipinski definition) is 2. The molecule has 4 aliphatic heterocycles. The number of aryl methyl sites for hydroxylation is 2. The highest BCUT2D eigenvalue weighted by molar-refractivity contribution is 6.01. The number of rotatable bonds is 8. The van der Waals surface area contributed by atoms with Gasteiger partial charge in [0.2, 0.25) is 11.8 Å². The highest BCUT2D eigenvalue weighted by Gasteiger charge is 2.30. The van der Waals surface area contributed by atoms with Gasteiger partial charge in [0, 0.05) is 69.4 Å². The van der Waals surface area contributed by atoms with Gasteiger partial charge in [0.15, 0.2) is 0 Å². The summed E-state index contributed by atoms with van der Waals surface area (Å²) in [6.45, 7) is 11.2. The van der Waals surface area contributed by atoms with E-state index in [4.69, 9.17) is 0 Å². The van der Waals surface area contributed by atoms with Crippen LogP contribution in [0.3, 0.4) is 0 Å². The number of likely N-dealkylation sites (tertiary alicyclic amines) is 1. The van der Waals surface area contributed by atoms with Crippen LogP contribution in [0.25, 0.3) is 10.9 Å². The number of hydrogen-bond acceptors (Lipinski definition) is 9.